The molecule has 0 fully saturated rings. The highest BCUT2D eigenvalue weighted by Gasteiger charge is 1.95. The largest absolute Gasteiger partial charge is 1.00 e. The summed E-state index contributed by atoms with van der Waals surface area (Å²) in [5, 5.41) is 0. The molecule has 0 aliphatic carbocycles. The number of halogens is 1. The Kier molecular flexibility index (Phi) is 4.36. The van der Waals surface area contributed by atoms with Crippen LogP contribution in [0.5, 0.6) is 0 Å². The highest BCUT2D eigenvalue weighted by Crippen LogP contribution is 1.81. The summed E-state index contributed by atoms with van der Waals surface area (Å²) in [6.45, 7) is 6.40. The first kappa shape index (κ1) is 9.69. The van der Waals surface area contributed by atoms with Crippen molar-refractivity contribution in [3.63, 3.8) is 0 Å². The van der Waals surface area contributed by atoms with Crippen LogP contribution in [0.1, 0.15) is 13.8 Å². The molecule has 0 unspecified atom stereocenters. The van der Waals surface area contributed by atoms with Crippen molar-refractivity contribution in [3.8, 4) is 0 Å². The van der Waals surface area contributed by atoms with Crippen molar-refractivity contribution in [1.82, 2.24) is 4.57 Å². The number of nitrogens with zero attached hydrogens (tertiary/aromatic N) is 2. The minimum atomic E-state index is 0. The predicted molar refractivity (Wildman–Crippen MR) is 36.0 cm³/mol. The van der Waals surface area contributed by atoms with E-state index in [-0.39, 0.29) is 17.0 Å². The third-order valence-corrected chi connectivity index (χ3v) is 1.48. The van der Waals surface area contributed by atoms with Gasteiger partial charge in [0.1, 0.15) is 12.4 Å². The summed E-state index contributed by atoms with van der Waals surface area (Å²) in [4.78, 5) is 0. The van der Waals surface area contributed by atoms with Crippen molar-refractivity contribution >= 4 is 0 Å². The molecule has 0 spiro atoms. The maximum Gasteiger partial charge on any atom is 0.243 e. The normalized spacial score (nSPS) is 9.00. The number of rotatable bonds is 2. The fraction of sp³-hybridized carbons (Fsp3) is 0.571. The molecule has 10 heavy (non-hydrogen) atoms. The zero-order valence-electron chi connectivity index (χ0n) is 6.42. The molecule has 0 aliphatic rings. The van der Waals surface area contributed by atoms with E-state index < -0.39 is 0 Å². The van der Waals surface area contributed by atoms with Crippen molar-refractivity contribution in [1.29, 1.82) is 0 Å². The summed E-state index contributed by atoms with van der Waals surface area (Å²) in [6.07, 6.45) is 6.28. The predicted octanol–water partition coefficient (Wildman–Crippen LogP) is -2.18. The van der Waals surface area contributed by atoms with Gasteiger partial charge in [0.05, 0.1) is 13.1 Å². The van der Waals surface area contributed by atoms with Gasteiger partial charge in [-0.25, -0.2) is 9.13 Å². The van der Waals surface area contributed by atoms with Gasteiger partial charge in [0, 0.05) is 0 Å². The standard InChI is InChI=1S/C7H13N2.BrH/c1-3-8-5-6-9(4-2)7-8;/h5-7H,3-4H2,1-2H3;1H/q+1;/p-1. The van der Waals surface area contributed by atoms with Gasteiger partial charge in [-0.15, -0.1) is 0 Å². The van der Waals surface area contributed by atoms with Crippen LogP contribution in [0.25, 0.3) is 0 Å². The molecule has 1 aromatic rings. The molecule has 1 heterocycles. The zero-order valence-corrected chi connectivity index (χ0v) is 8.00. The minimum absolute atomic E-state index is 0. The van der Waals surface area contributed by atoms with E-state index in [0.717, 1.165) is 13.1 Å². The molecule has 0 atom stereocenters. The van der Waals surface area contributed by atoms with Crippen molar-refractivity contribution < 1.29 is 21.5 Å². The zero-order chi connectivity index (χ0) is 6.69. The molecule has 0 aromatic carbocycles. The minimum Gasteiger partial charge on any atom is -1.00 e. The van der Waals surface area contributed by atoms with Crippen LogP contribution in [0, 0.1) is 0 Å². The maximum absolute atomic E-state index is 2.16. The van der Waals surface area contributed by atoms with E-state index in [4.69, 9.17) is 0 Å². The van der Waals surface area contributed by atoms with E-state index in [1.807, 2.05) is 0 Å². The first-order chi connectivity index (χ1) is 4.36. The summed E-state index contributed by atoms with van der Waals surface area (Å²) in [7, 11) is 0. The quantitative estimate of drug-likeness (QED) is 0.485. The fourth-order valence-corrected chi connectivity index (χ4v) is 0.813. The Balaban J connectivity index is 0.000000810. The Bertz CT molecular complexity index is 165. The number of aryl methyl sites for hydroxylation is 2. The van der Waals surface area contributed by atoms with Crippen LogP contribution in [-0.4, -0.2) is 4.57 Å². The Labute approximate surface area is 72.3 Å². The van der Waals surface area contributed by atoms with Gasteiger partial charge in [-0.2, -0.15) is 0 Å². The SMILES string of the molecule is CCn1cc[n+](CC)c1.[Br-]. The highest BCUT2D eigenvalue weighted by molar-refractivity contribution is 4.64. The molecular weight excluding hydrogens is 192 g/mol. The highest BCUT2D eigenvalue weighted by atomic mass is 79.9. The molecule has 3 heteroatoms. The van der Waals surface area contributed by atoms with Gasteiger partial charge in [0.15, 0.2) is 0 Å². The molecule has 0 saturated carbocycles. The summed E-state index contributed by atoms with van der Waals surface area (Å²) < 4.78 is 4.31. The number of hydrogen-bond acceptors (Lipinski definition) is 0. The van der Waals surface area contributed by atoms with Crippen LogP contribution in [0.4, 0.5) is 0 Å². The summed E-state index contributed by atoms with van der Waals surface area (Å²) >= 11 is 0. The van der Waals surface area contributed by atoms with E-state index in [2.05, 4.69) is 41.7 Å². The first-order valence-electron chi connectivity index (χ1n) is 3.41. The second-order valence-electron chi connectivity index (χ2n) is 2.07. The van der Waals surface area contributed by atoms with Gasteiger partial charge in [0.25, 0.3) is 0 Å². The molecule has 0 amide bonds. The third kappa shape index (κ3) is 2.14. The van der Waals surface area contributed by atoms with Gasteiger partial charge < -0.3 is 17.0 Å². The lowest BCUT2D eigenvalue weighted by molar-refractivity contribution is -0.693. The second kappa shape index (κ2) is 4.50. The molecule has 0 radical (unpaired) electrons. The van der Waals surface area contributed by atoms with Crippen LogP contribution in [0.2, 0.25) is 0 Å². The Morgan fingerprint density at radius 3 is 2.40 bits per heavy atom. The monoisotopic (exact) mass is 204 g/mol. The number of hydrogen-bond donors (Lipinski definition) is 0. The molecular formula is C7H13BrN2. The molecule has 1 rings (SSSR count). The van der Waals surface area contributed by atoms with E-state index in [1.165, 1.54) is 0 Å². The average Bonchev–Trinajstić information content (AvgIpc) is 2.34. The molecule has 0 saturated heterocycles. The first-order valence-corrected chi connectivity index (χ1v) is 3.41. The van der Waals surface area contributed by atoms with Gasteiger partial charge in [0.2, 0.25) is 6.33 Å². The number of imidazole rings is 1. The van der Waals surface area contributed by atoms with Crippen molar-refractivity contribution in [2.45, 2.75) is 26.9 Å². The van der Waals surface area contributed by atoms with Crippen LogP contribution < -0.4 is 21.5 Å². The van der Waals surface area contributed by atoms with Crippen LogP contribution >= 0.6 is 0 Å². The van der Waals surface area contributed by atoms with Crippen molar-refractivity contribution in [2.75, 3.05) is 0 Å². The van der Waals surface area contributed by atoms with E-state index >= 15 is 0 Å². The van der Waals surface area contributed by atoms with E-state index in [1.54, 1.807) is 0 Å². The lowest BCUT2D eigenvalue weighted by Gasteiger charge is -1.84. The molecule has 1 aromatic heterocycles. The third-order valence-electron chi connectivity index (χ3n) is 1.48. The average molecular weight is 205 g/mol. The maximum atomic E-state index is 2.16. The Hall–Kier alpha value is -0.310. The lowest BCUT2D eigenvalue weighted by atomic mass is 10.7. The van der Waals surface area contributed by atoms with E-state index in [0.29, 0.717) is 0 Å². The smallest absolute Gasteiger partial charge is 0.243 e. The van der Waals surface area contributed by atoms with Crippen LogP contribution in [-0.2, 0) is 13.1 Å². The van der Waals surface area contributed by atoms with Gasteiger partial charge in [-0.1, -0.05) is 0 Å². The Morgan fingerprint density at radius 2 is 2.10 bits per heavy atom. The van der Waals surface area contributed by atoms with Gasteiger partial charge >= 0.3 is 0 Å². The molecule has 0 bridgehead atoms. The molecule has 58 valence electrons. The molecule has 0 aliphatic heterocycles. The topological polar surface area (TPSA) is 8.81 Å². The van der Waals surface area contributed by atoms with Gasteiger partial charge in [-0.3, -0.25) is 0 Å². The summed E-state index contributed by atoms with van der Waals surface area (Å²) in [5.41, 5.74) is 0. The number of aromatic nitrogens is 2. The summed E-state index contributed by atoms with van der Waals surface area (Å²) in [6, 6.07) is 0. The van der Waals surface area contributed by atoms with E-state index in [9.17, 15) is 0 Å². The van der Waals surface area contributed by atoms with Gasteiger partial charge in [-0.05, 0) is 13.8 Å². The lowest BCUT2D eigenvalue weighted by Crippen LogP contribution is -3.00. The van der Waals surface area contributed by atoms with Crippen molar-refractivity contribution in [2.24, 2.45) is 0 Å². The fourth-order valence-electron chi connectivity index (χ4n) is 0.813. The Morgan fingerprint density at radius 1 is 1.40 bits per heavy atom. The van der Waals surface area contributed by atoms with Crippen LogP contribution in [0.3, 0.4) is 0 Å². The van der Waals surface area contributed by atoms with Crippen molar-refractivity contribution in [3.05, 3.63) is 18.7 Å². The molecule has 2 nitrogen and oxygen atoms in total. The molecule has 0 N–H and O–H groups in total. The van der Waals surface area contributed by atoms with Crippen LogP contribution in [0.15, 0.2) is 18.7 Å². The summed E-state index contributed by atoms with van der Waals surface area (Å²) in [5.74, 6) is 0. The second-order valence-corrected chi connectivity index (χ2v) is 2.07.